The minimum atomic E-state index is -0.265. The molecule has 0 bridgehead atoms. The molecule has 1 aliphatic rings. The van der Waals surface area contributed by atoms with Gasteiger partial charge in [0.15, 0.2) is 17.2 Å². The average Bonchev–Trinajstić information content (AvgIpc) is 3.11. The number of nitrogens with one attached hydrogen (secondary N) is 1. The molecule has 1 fully saturated rings. The van der Waals surface area contributed by atoms with Gasteiger partial charge in [0.2, 0.25) is 0 Å². The lowest BCUT2D eigenvalue weighted by molar-refractivity contribution is 0.0940. The Morgan fingerprint density at radius 2 is 2.29 bits per heavy atom. The highest BCUT2D eigenvalue weighted by Gasteiger charge is 2.28. The highest BCUT2D eigenvalue weighted by Crippen LogP contribution is 2.40. The summed E-state index contributed by atoms with van der Waals surface area (Å²) in [6, 6.07) is 7.36. The molecule has 0 radical (unpaired) electrons. The van der Waals surface area contributed by atoms with Crippen molar-refractivity contribution < 1.29 is 9.32 Å². The number of pyridine rings is 1. The molecule has 4 rings (SSSR count). The molecule has 0 saturated heterocycles. The van der Waals surface area contributed by atoms with E-state index in [4.69, 9.17) is 4.52 Å². The monoisotopic (exact) mass is 283 g/mol. The van der Waals surface area contributed by atoms with Crippen LogP contribution in [0, 0.1) is 0 Å². The van der Waals surface area contributed by atoms with E-state index < -0.39 is 0 Å². The Morgan fingerprint density at radius 1 is 1.38 bits per heavy atom. The Bertz CT molecular complexity index is 802. The van der Waals surface area contributed by atoms with Crippen molar-refractivity contribution in [3.63, 3.8) is 0 Å². The summed E-state index contributed by atoms with van der Waals surface area (Å²) in [4.78, 5) is 12.0. The predicted octanol–water partition coefficient (Wildman–Crippen LogP) is 1.52. The number of rotatable bonds is 4. The number of carbonyl (C=O) groups is 1. The Hall–Kier alpha value is -2.70. The van der Waals surface area contributed by atoms with Crippen LogP contribution in [0.15, 0.2) is 35.0 Å². The molecule has 0 aliphatic heterocycles. The molecule has 0 spiro atoms. The third-order valence-electron chi connectivity index (χ3n) is 3.53. The lowest BCUT2D eigenvalue weighted by Crippen LogP contribution is -2.24. The van der Waals surface area contributed by atoms with Gasteiger partial charge in [-0.1, -0.05) is 11.2 Å². The van der Waals surface area contributed by atoms with Crippen molar-refractivity contribution in [1.82, 2.24) is 25.1 Å². The Morgan fingerprint density at radius 3 is 3.14 bits per heavy atom. The van der Waals surface area contributed by atoms with Gasteiger partial charge >= 0.3 is 0 Å². The van der Waals surface area contributed by atoms with Crippen LogP contribution in [-0.4, -0.2) is 25.7 Å². The third-order valence-corrected chi connectivity index (χ3v) is 3.53. The zero-order chi connectivity index (χ0) is 14.2. The highest BCUT2D eigenvalue weighted by molar-refractivity contribution is 5.92. The fourth-order valence-electron chi connectivity index (χ4n) is 2.22. The molecular weight excluding hydrogens is 270 g/mol. The first-order valence-electron chi connectivity index (χ1n) is 6.85. The summed E-state index contributed by atoms with van der Waals surface area (Å²) < 4.78 is 7.01. The summed E-state index contributed by atoms with van der Waals surface area (Å²) in [6.45, 7) is 0.287. The molecule has 1 saturated carbocycles. The highest BCUT2D eigenvalue weighted by atomic mass is 16.5. The maximum atomic E-state index is 12.0. The molecule has 1 amide bonds. The first-order valence-corrected chi connectivity index (χ1v) is 6.85. The van der Waals surface area contributed by atoms with Crippen molar-refractivity contribution in [3.05, 3.63) is 47.7 Å². The molecule has 1 N–H and O–H groups in total. The summed E-state index contributed by atoms with van der Waals surface area (Å²) >= 11 is 0. The summed E-state index contributed by atoms with van der Waals surface area (Å²) in [5.41, 5.74) is 1.06. The van der Waals surface area contributed by atoms with E-state index in [0.29, 0.717) is 17.4 Å². The number of hydrogen-bond acceptors (Lipinski definition) is 5. The van der Waals surface area contributed by atoms with Crippen LogP contribution in [0.2, 0.25) is 0 Å². The number of hydrogen-bond donors (Lipinski definition) is 1. The standard InChI is InChI=1S/C14H13N5O2/c20-14(10-7-11(21-18-10)9-4-5-9)15-8-13-17-16-12-3-1-2-6-19(12)13/h1-3,6-7,9H,4-5,8H2,(H,15,20). The lowest BCUT2D eigenvalue weighted by Gasteiger charge is -2.01. The van der Waals surface area contributed by atoms with Gasteiger partial charge in [-0.25, -0.2) is 0 Å². The van der Waals surface area contributed by atoms with Crippen LogP contribution in [0.4, 0.5) is 0 Å². The smallest absolute Gasteiger partial charge is 0.273 e. The van der Waals surface area contributed by atoms with E-state index in [9.17, 15) is 4.79 Å². The maximum Gasteiger partial charge on any atom is 0.273 e. The molecule has 0 aromatic carbocycles. The number of aromatic nitrogens is 4. The first-order chi connectivity index (χ1) is 10.3. The molecule has 3 aromatic heterocycles. The van der Waals surface area contributed by atoms with Crippen molar-refractivity contribution in [3.8, 4) is 0 Å². The fraction of sp³-hybridized carbons (Fsp3) is 0.286. The van der Waals surface area contributed by atoms with Crippen molar-refractivity contribution in [2.75, 3.05) is 0 Å². The van der Waals surface area contributed by atoms with Crippen molar-refractivity contribution in [2.45, 2.75) is 25.3 Å². The summed E-state index contributed by atoms with van der Waals surface area (Å²) in [5, 5.41) is 14.7. The van der Waals surface area contributed by atoms with Gasteiger partial charge in [-0.05, 0) is 25.0 Å². The molecule has 7 heteroatoms. The third kappa shape index (κ3) is 2.26. The van der Waals surface area contributed by atoms with Gasteiger partial charge in [-0.3, -0.25) is 9.20 Å². The minimum absolute atomic E-state index is 0.265. The molecule has 3 aromatic rings. The van der Waals surface area contributed by atoms with Gasteiger partial charge in [0.25, 0.3) is 5.91 Å². The van der Waals surface area contributed by atoms with E-state index in [2.05, 4.69) is 20.7 Å². The second-order valence-electron chi connectivity index (χ2n) is 5.12. The summed E-state index contributed by atoms with van der Waals surface area (Å²) in [7, 11) is 0. The second kappa shape index (κ2) is 4.69. The van der Waals surface area contributed by atoms with Gasteiger partial charge in [0.05, 0.1) is 6.54 Å². The van der Waals surface area contributed by atoms with E-state index in [-0.39, 0.29) is 12.5 Å². The largest absolute Gasteiger partial charge is 0.360 e. The van der Waals surface area contributed by atoms with Crippen molar-refractivity contribution >= 4 is 11.6 Å². The zero-order valence-electron chi connectivity index (χ0n) is 11.2. The summed E-state index contributed by atoms with van der Waals surface area (Å²) in [6.07, 6.45) is 4.09. The molecule has 0 atom stereocenters. The van der Waals surface area contributed by atoms with Gasteiger partial charge in [-0.15, -0.1) is 10.2 Å². The zero-order valence-corrected chi connectivity index (χ0v) is 11.2. The van der Waals surface area contributed by atoms with Crippen molar-refractivity contribution in [2.24, 2.45) is 0 Å². The minimum Gasteiger partial charge on any atom is -0.360 e. The maximum absolute atomic E-state index is 12.0. The Labute approximate surface area is 120 Å². The molecule has 3 heterocycles. The lowest BCUT2D eigenvalue weighted by atomic mass is 10.3. The van der Waals surface area contributed by atoms with E-state index in [1.54, 1.807) is 6.07 Å². The number of fused-ring (bicyclic) bond motifs is 1. The number of nitrogens with zero attached hydrogens (tertiary/aromatic N) is 4. The summed E-state index contributed by atoms with van der Waals surface area (Å²) in [5.74, 6) is 1.65. The molecule has 0 unspecified atom stereocenters. The van der Waals surface area contributed by atoms with E-state index in [0.717, 1.165) is 24.2 Å². The Balaban J connectivity index is 1.46. The van der Waals surface area contributed by atoms with Crippen LogP contribution in [0.1, 0.15) is 40.8 Å². The molecule has 7 nitrogen and oxygen atoms in total. The van der Waals surface area contributed by atoms with Crippen LogP contribution >= 0.6 is 0 Å². The average molecular weight is 283 g/mol. The van der Waals surface area contributed by atoms with Crippen LogP contribution in [-0.2, 0) is 6.54 Å². The normalized spacial score (nSPS) is 14.5. The van der Waals surface area contributed by atoms with Gasteiger partial charge in [0, 0.05) is 18.2 Å². The molecule has 106 valence electrons. The molecule has 21 heavy (non-hydrogen) atoms. The van der Waals surface area contributed by atoms with Crippen LogP contribution < -0.4 is 5.32 Å². The van der Waals surface area contributed by atoms with E-state index in [1.165, 1.54) is 0 Å². The molecule has 1 aliphatic carbocycles. The van der Waals surface area contributed by atoms with E-state index >= 15 is 0 Å². The van der Waals surface area contributed by atoms with Gasteiger partial charge in [0.1, 0.15) is 5.76 Å². The number of carbonyl (C=O) groups excluding carboxylic acids is 1. The molecular formula is C14H13N5O2. The van der Waals surface area contributed by atoms with Crippen molar-refractivity contribution in [1.29, 1.82) is 0 Å². The predicted molar refractivity (Wildman–Crippen MR) is 72.6 cm³/mol. The van der Waals surface area contributed by atoms with Crippen LogP contribution in [0.3, 0.4) is 0 Å². The van der Waals surface area contributed by atoms with Crippen LogP contribution in [0.25, 0.3) is 5.65 Å². The van der Waals surface area contributed by atoms with Gasteiger partial charge in [-0.2, -0.15) is 0 Å². The SMILES string of the molecule is O=C(NCc1nnc2ccccn12)c1cc(C2CC2)on1. The number of amides is 1. The first kappa shape index (κ1) is 12.1. The topological polar surface area (TPSA) is 85.3 Å². The van der Waals surface area contributed by atoms with E-state index in [1.807, 2.05) is 28.8 Å². The fourth-order valence-corrected chi connectivity index (χ4v) is 2.22. The van der Waals surface area contributed by atoms with Crippen LogP contribution in [0.5, 0.6) is 0 Å². The Kier molecular flexibility index (Phi) is 2.70. The quantitative estimate of drug-likeness (QED) is 0.784. The van der Waals surface area contributed by atoms with Gasteiger partial charge < -0.3 is 9.84 Å². The second-order valence-corrected chi connectivity index (χ2v) is 5.12.